The van der Waals surface area contributed by atoms with Crippen molar-refractivity contribution in [3.05, 3.63) is 51.7 Å². The first-order valence-electron chi connectivity index (χ1n) is 5.48. The van der Waals surface area contributed by atoms with Gasteiger partial charge in [-0.2, -0.15) is 0 Å². The zero-order valence-corrected chi connectivity index (χ0v) is 11.5. The summed E-state index contributed by atoms with van der Waals surface area (Å²) in [6, 6.07) is 7.64. The molecule has 1 unspecified atom stereocenters. The van der Waals surface area contributed by atoms with Crippen LogP contribution in [0.4, 0.5) is 8.78 Å². The zero-order chi connectivity index (χ0) is 13.1. The van der Waals surface area contributed by atoms with Crippen LogP contribution in [0.3, 0.4) is 0 Å². The van der Waals surface area contributed by atoms with Crippen molar-refractivity contribution in [3.63, 3.8) is 0 Å². The molecule has 2 N–H and O–H groups in total. The van der Waals surface area contributed by atoms with Gasteiger partial charge in [0.05, 0.1) is 5.25 Å². The van der Waals surface area contributed by atoms with E-state index in [4.69, 9.17) is 5.73 Å². The highest BCUT2D eigenvalue weighted by molar-refractivity contribution is 7.99. The first-order valence-corrected chi connectivity index (χ1v) is 7.18. The van der Waals surface area contributed by atoms with Crippen LogP contribution < -0.4 is 5.73 Å². The van der Waals surface area contributed by atoms with Crippen LogP contribution in [0, 0.1) is 18.6 Å². The Labute approximate surface area is 113 Å². The van der Waals surface area contributed by atoms with Crippen LogP contribution in [-0.2, 0) is 0 Å². The minimum Gasteiger partial charge on any atom is -0.329 e. The molecule has 0 spiro atoms. The van der Waals surface area contributed by atoms with E-state index in [2.05, 4.69) is 0 Å². The van der Waals surface area contributed by atoms with Gasteiger partial charge in [-0.25, -0.2) is 8.78 Å². The number of aryl methyl sites for hydroxylation is 1. The molecule has 0 saturated carbocycles. The lowest BCUT2D eigenvalue weighted by Gasteiger charge is -2.13. The van der Waals surface area contributed by atoms with Gasteiger partial charge < -0.3 is 5.73 Å². The zero-order valence-electron chi connectivity index (χ0n) is 9.82. The lowest BCUT2D eigenvalue weighted by molar-refractivity contribution is 0.565. The molecular formula is C13H13F2NS2. The van der Waals surface area contributed by atoms with E-state index in [1.165, 1.54) is 28.8 Å². The molecule has 18 heavy (non-hydrogen) atoms. The monoisotopic (exact) mass is 285 g/mol. The summed E-state index contributed by atoms with van der Waals surface area (Å²) in [6.45, 7) is 2.44. The molecule has 0 radical (unpaired) electrons. The second kappa shape index (κ2) is 5.82. The molecule has 1 aromatic carbocycles. The molecule has 1 nitrogen and oxygen atoms in total. The smallest absolute Gasteiger partial charge is 0.139 e. The second-order valence-electron chi connectivity index (χ2n) is 3.87. The Bertz CT molecular complexity index is 540. The molecule has 2 aromatic rings. The summed E-state index contributed by atoms with van der Waals surface area (Å²) < 4.78 is 26.4. The second-order valence-corrected chi connectivity index (χ2v) is 6.43. The number of hydrogen-bond acceptors (Lipinski definition) is 3. The summed E-state index contributed by atoms with van der Waals surface area (Å²) in [4.78, 5) is 2.74. The molecule has 96 valence electrons. The van der Waals surface area contributed by atoms with Crippen LogP contribution in [0.5, 0.6) is 0 Å². The molecule has 1 aromatic heterocycles. The maximum Gasteiger partial charge on any atom is 0.139 e. The summed E-state index contributed by atoms with van der Waals surface area (Å²) in [5.74, 6) is -1.10. The number of nitrogens with two attached hydrogens (primary N) is 1. The van der Waals surface area contributed by atoms with Gasteiger partial charge in [-0.15, -0.1) is 23.1 Å². The predicted molar refractivity (Wildman–Crippen MR) is 73.1 cm³/mol. The Balaban J connectivity index is 2.20. The Morgan fingerprint density at radius 1 is 1.28 bits per heavy atom. The van der Waals surface area contributed by atoms with Crippen LogP contribution >= 0.6 is 23.1 Å². The standard InChI is InChI=1S/C13H13F2NS2/c1-8-2-4-12(17-8)13(7-16)18-11-5-3-9(14)6-10(11)15/h2-6,13H,7,16H2,1H3. The van der Waals surface area contributed by atoms with E-state index in [1.54, 1.807) is 11.3 Å². The number of thioether (sulfide) groups is 1. The van der Waals surface area contributed by atoms with Crippen molar-refractivity contribution >= 4 is 23.1 Å². The van der Waals surface area contributed by atoms with Gasteiger partial charge in [-0.3, -0.25) is 0 Å². The summed E-state index contributed by atoms with van der Waals surface area (Å²) >= 11 is 2.99. The van der Waals surface area contributed by atoms with Gasteiger partial charge in [-0.05, 0) is 31.2 Å². The first kappa shape index (κ1) is 13.5. The molecule has 0 aliphatic rings. The third kappa shape index (κ3) is 3.10. The minimum absolute atomic E-state index is 0.00339. The van der Waals surface area contributed by atoms with Gasteiger partial charge in [-0.1, -0.05) is 0 Å². The lowest BCUT2D eigenvalue weighted by Crippen LogP contribution is -2.08. The van der Waals surface area contributed by atoms with Gasteiger partial charge in [0, 0.05) is 27.3 Å². The third-order valence-corrected chi connectivity index (χ3v) is 5.04. The maximum atomic E-state index is 13.6. The molecule has 0 bridgehead atoms. The van der Waals surface area contributed by atoms with Crippen molar-refractivity contribution in [3.8, 4) is 0 Å². The highest BCUT2D eigenvalue weighted by atomic mass is 32.2. The van der Waals surface area contributed by atoms with Gasteiger partial charge >= 0.3 is 0 Å². The van der Waals surface area contributed by atoms with Gasteiger partial charge in [0.15, 0.2) is 0 Å². The number of benzene rings is 1. The van der Waals surface area contributed by atoms with E-state index in [0.29, 0.717) is 11.4 Å². The van der Waals surface area contributed by atoms with Crippen molar-refractivity contribution in [2.45, 2.75) is 17.1 Å². The Morgan fingerprint density at radius 3 is 2.61 bits per heavy atom. The minimum atomic E-state index is -0.562. The molecule has 1 heterocycles. The van der Waals surface area contributed by atoms with E-state index in [-0.39, 0.29) is 5.25 Å². The SMILES string of the molecule is Cc1ccc(C(CN)Sc2ccc(F)cc2F)s1. The van der Waals surface area contributed by atoms with Crippen LogP contribution in [0.25, 0.3) is 0 Å². The predicted octanol–water partition coefficient (Wildman–Crippen LogP) is 4.13. The molecule has 5 heteroatoms. The topological polar surface area (TPSA) is 26.0 Å². The quantitative estimate of drug-likeness (QED) is 0.855. The van der Waals surface area contributed by atoms with Crippen LogP contribution in [-0.4, -0.2) is 6.54 Å². The fourth-order valence-corrected chi connectivity index (χ4v) is 3.65. The van der Waals surface area contributed by atoms with Crippen LogP contribution in [0.1, 0.15) is 15.0 Å². The first-order chi connectivity index (χ1) is 8.60. The number of rotatable bonds is 4. The fourth-order valence-electron chi connectivity index (χ4n) is 1.57. The van der Waals surface area contributed by atoms with E-state index in [0.717, 1.165) is 10.9 Å². The number of halogens is 2. The van der Waals surface area contributed by atoms with E-state index in [1.807, 2.05) is 19.1 Å². The molecule has 0 aliphatic carbocycles. The number of hydrogen-bond donors (Lipinski definition) is 1. The van der Waals surface area contributed by atoms with Crippen LogP contribution in [0.2, 0.25) is 0 Å². The third-order valence-electron chi connectivity index (χ3n) is 2.46. The van der Waals surface area contributed by atoms with E-state index < -0.39 is 11.6 Å². The summed E-state index contributed by atoms with van der Waals surface area (Å²) in [5, 5.41) is 0.00339. The maximum absolute atomic E-state index is 13.6. The van der Waals surface area contributed by atoms with Crippen molar-refractivity contribution in [2.75, 3.05) is 6.54 Å². The normalized spacial score (nSPS) is 12.7. The van der Waals surface area contributed by atoms with Crippen molar-refractivity contribution in [2.24, 2.45) is 5.73 Å². The summed E-state index contributed by atoms with van der Waals surface area (Å²) in [6.07, 6.45) is 0. The van der Waals surface area contributed by atoms with Crippen molar-refractivity contribution in [1.29, 1.82) is 0 Å². The van der Waals surface area contributed by atoms with Gasteiger partial charge in [0.25, 0.3) is 0 Å². The summed E-state index contributed by atoms with van der Waals surface area (Å²) in [5.41, 5.74) is 5.73. The molecule has 2 rings (SSSR count). The van der Waals surface area contributed by atoms with Crippen molar-refractivity contribution < 1.29 is 8.78 Å². The fraction of sp³-hybridized carbons (Fsp3) is 0.231. The highest BCUT2D eigenvalue weighted by Crippen LogP contribution is 2.38. The molecule has 0 fully saturated rings. The van der Waals surface area contributed by atoms with Gasteiger partial charge in [0.2, 0.25) is 0 Å². The molecule has 0 amide bonds. The average molecular weight is 285 g/mol. The summed E-state index contributed by atoms with van der Waals surface area (Å²) in [7, 11) is 0. The Morgan fingerprint density at radius 2 is 2.06 bits per heavy atom. The van der Waals surface area contributed by atoms with E-state index >= 15 is 0 Å². The largest absolute Gasteiger partial charge is 0.329 e. The Kier molecular flexibility index (Phi) is 4.37. The van der Waals surface area contributed by atoms with Gasteiger partial charge in [0.1, 0.15) is 11.6 Å². The molecular weight excluding hydrogens is 272 g/mol. The molecule has 0 aliphatic heterocycles. The Hall–Kier alpha value is -0.910. The van der Waals surface area contributed by atoms with Crippen molar-refractivity contribution in [1.82, 2.24) is 0 Å². The lowest BCUT2D eigenvalue weighted by atomic mass is 10.3. The van der Waals surface area contributed by atoms with Crippen LogP contribution in [0.15, 0.2) is 35.2 Å². The average Bonchev–Trinajstić information content (AvgIpc) is 2.75. The molecule has 0 saturated heterocycles. The molecule has 1 atom stereocenters. The number of thiophene rings is 1. The highest BCUT2D eigenvalue weighted by Gasteiger charge is 2.16. The van der Waals surface area contributed by atoms with E-state index in [9.17, 15) is 8.78 Å².